The molecule has 2 heterocycles. The van der Waals surface area contributed by atoms with Gasteiger partial charge in [0.2, 0.25) is 0 Å². The maximum Gasteiger partial charge on any atom is 0.317 e. The number of pyridine rings is 1. The fraction of sp³-hybridized carbons (Fsp3) is 0.500. The fourth-order valence-electron chi connectivity index (χ4n) is 2.35. The van der Waals surface area contributed by atoms with Crippen molar-refractivity contribution < 1.29 is 14.7 Å². The molecule has 6 heteroatoms. The van der Waals surface area contributed by atoms with Gasteiger partial charge in [0.15, 0.2) is 0 Å². The molecule has 0 radical (unpaired) electrons. The Morgan fingerprint density at radius 2 is 2.35 bits per heavy atom. The summed E-state index contributed by atoms with van der Waals surface area (Å²) in [5.74, 6) is -1.27. The summed E-state index contributed by atoms with van der Waals surface area (Å²) in [6, 6.07) is 1.67. The third-order valence-corrected chi connectivity index (χ3v) is 3.62. The highest BCUT2D eigenvalue weighted by molar-refractivity contribution is 5.76. The number of aryl methyl sites for hydroxylation is 1. The highest BCUT2D eigenvalue weighted by atomic mass is 16.4. The van der Waals surface area contributed by atoms with Crippen LogP contribution in [0.5, 0.6) is 0 Å². The number of piperidine rings is 1. The molecule has 0 bridgehead atoms. The van der Waals surface area contributed by atoms with Gasteiger partial charge in [-0.3, -0.25) is 9.78 Å². The maximum atomic E-state index is 12.1. The quantitative estimate of drug-likeness (QED) is 0.874. The lowest BCUT2D eigenvalue weighted by Crippen LogP contribution is -2.46. The number of hydrogen-bond acceptors (Lipinski definition) is 3. The zero-order valence-electron chi connectivity index (χ0n) is 11.5. The van der Waals surface area contributed by atoms with Crippen molar-refractivity contribution in [2.24, 2.45) is 5.92 Å². The van der Waals surface area contributed by atoms with Gasteiger partial charge in [0.05, 0.1) is 5.92 Å². The number of nitrogens with zero attached hydrogens (tertiary/aromatic N) is 2. The van der Waals surface area contributed by atoms with E-state index >= 15 is 0 Å². The molecular formula is C14H19N3O3. The largest absolute Gasteiger partial charge is 0.481 e. The van der Waals surface area contributed by atoms with Crippen molar-refractivity contribution in [1.82, 2.24) is 15.2 Å². The Morgan fingerprint density at radius 3 is 3.05 bits per heavy atom. The summed E-state index contributed by atoms with van der Waals surface area (Å²) < 4.78 is 0. The van der Waals surface area contributed by atoms with Gasteiger partial charge in [-0.05, 0) is 37.0 Å². The van der Waals surface area contributed by atoms with Crippen LogP contribution in [0.3, 0.4) is 0 Å². The van der Waals surface area contributed by atoms with E-state index in [0.717, 1.165) is 17.5 Å². The summed E-state index contributed by atoms with van der Waals surface area (Å²) in [4.78, 5) is 28.6. The number of nitrogens with one attached hydrogen (secondary N) is 1. The maximum absolute atomic E-state index is 12.1. The first-order valence-electron chi connectivity index (χ1n) is 6.73. The summed E-state index contributed by atoms with van der Waals surface area (Å²) in [6.07, 6.45) is 4.82. The monoisotopic (exact) mass is 277 g/mol. The lowest BCUT2D eigenvalue weighted by molar-refractivity contribution is -0.143. The number of carboxylic acid groups (broad SMARTS) is 1. The van der Waals surface area contributed by atoms with Gasteiger partial charge >= 0.3 is 12.0 Å². The van der Waals surface area contributed by atoms with E-state index in [1.54, 1.807) is 17.3 Å². The Labute approximate surface area is 117 Å². The van der Waals surface area contributed by atoms with Crippen LogP contribution in [0.4, 0.5) is 4.79 Å². The summed E-state index contributed by atoms with van der Waals surface area (Å²) >= 11 is 0. The number of aliphatic carboxylic acids is 1. The van der Waals surface area contributed by atoms with Gasteiger partial charge in [-0.25, -0.2) is 4.79 Å². The predicted octanol–water partition coefficient (Wildman–Crippen LogP) is 1.40. The molecule has 1 fully saturated rings. The summed E-state index contributed by atoms with van der Waals surface area (Å²) in [6.45, 7) is 3.28. The van der Waals surface area contributed by atoms with Crippen LogP contribution in [-0.4, -0.2) is 40.1 Å². The van der Waals surface area contributed by atoms with Gasteiger partial charge in [-0.15, -0.1) is 0 Å². The molecule has 0 aromatic carbocycles. The number of aromatic nitrogens is 1. The minimum Gasteiger partial charge on any atom is -0.481 e. The number of rotatable bonds is 3. The van der Waals surface area contributed by atoms with E-state index in [0.29, 0.717) is 19.5 Å². The summed E-state index contributed by atoms with van der Waals surface area (Å²) in [5, 5.41) is 11.9. The van der Waals surface area contributed by atoms with E-state index < -0.39 is 11.9 Å². The van der Waals surface area contributed by atoms with E-state index in [4.69, 9.17) is 5.11 Å². The molecule has 1 aliphatic heterocycles. The number of carbonyl (C=O) groups excluding carboxylic acids is 1. The molecule has 2 rings (SSSR count). The highest BCUT2D eigenvalue weighted by Crippen LogP contribution is 2.16. The number of urea groups is 1. The van der Waals surface area contributed by atoms with Gasteiger partial charge in [-0.1, -0.05) is 0 Å². The molecule has 2 amide bonds. The van der Waals surface area contributed by atoms with E-state index in [1.807, 2.05) is 13.0 Å². The minimum absolute atomic E-state index is 0.202. The first kappa shape index (κ1) is 14.3. The molecule has 2 N–H and O–H groups in total. The number of carbonyl (C=O) groups is 2. The summed E-state index contributed by atoms with van der Waals surface area (Å²) in [5.41, 5.74) is 2.04. The van der Waals surface area contributed by atoms with E-state index in [2.05, 4.69) is 10.3 Å². The average molecular weight is 277 g/mol. The Hall–Kier alpha value is -2.11. The molecule has 1 aliphatic rings. The van der Waals surface area contributed by atoms with Crippen LogP contribution < -0.4 is 5.32 Å². The van der Waals surface area contributed by atoms with Crippen LogP contribution in [0, 0.1) is 12.8 Å². The van der Waals surface area contributed by atoms with Gasteiger partial charge in [0.25, 0.3) is 0 Å². The predicted molar refractivity (Wildman–Crippen MR) is 73.1 cm³/mol. The fourth-order valence-corrected chi connectivity index (χ4v) is 2.35. The van der Waals surface area contributed by atoms with Gasteiger partial charge < -0.3 is 15.3 Å². The smallest absolute Gasteiger partial charge is 0.317 e. The summed E-state index contributed by atoms with van der Waals surface area (Å²) in [7, 11) is 0. The molecule has 0 unspecified atom stereocenters. The van der Waals surface area contributed by atoms with Crippen LogP contribution >= 0.6 is 0 Å². The Morgan fingerprint density at radius 1 is 1.55 bits per heavy atom. The first-order chi connectivity index (χ1) is 9.58. The van der Waals surface area contributed by atoms with Crippen LogP contribution in [0.25, 0.3) is 0 Å². The standard InChI is InChI=1S/C14H19N3O3/c1-10-7-15-5-4-11(10)8-16-14(20)17-6-2-3-12(9-17)13(18)19/h4-5,7,12H,2-3,6,8-9H2,1H3,(H,16,20)(H,18,19)/t12-/m1/s1. The molecule has 1 saturated heterocycles. The Balaban J connectivity index is 1.89. The van der Waals surface area contributed by atoms with Crippen molar-refractivity contribution in [2.45, 2.75) is 26.3 Å². The molecule has 6 nitrogen and oxygen atoms in total. The molecule has 1 aromatic rings. The lowest BCUT2D eigenvalue weighted by atomic mass is 9.99. The van der Waals surface area contributed by atoms with E-state index in [1.165, 1.54) is 0 Å². The van der Waals surface area contributed by atoms with Crippen molar-refractivity contribution in [2.75, 3.05) is 13.1 Å². The number of hydrogen-bond donors (Lipinski definition) is 2. The van der Waals surface area contributed by atoms with Gasteiger partial charge in [-0.2, -0.15) is 0 Å². The molecular weight excluding hydrogens is 258 g/mol. The minimum atomic E-state index is -0.826. The van der Waals surface area contributed by atoms with Crippen LogP contribution in [-0.2, 0) is 11.3 Å². The highest BCUT2D eigenvalue weighted by Gasteiger charge is 2.27. The van der Waals surface area contributed by atoms with Crippen molar-refractivity contribution in [3.05, 3.63) is 29.6 Å². The normalized spacial score (nSPS) is 18.6. The second-order valence-corrected chi connectivity index (χ2v) is 5.08. The third kappa shape index (κ3) is 3.46. The van der Waals surface area contributed by atoms with Gasteiger partial charge in [0, 0.05) is 32.0 Å². The second-order valence-electron chi connectivity index (χ2n) is 5.08. The topological polar surface area (TPSA) is 82.5 Å². The second kappa shape index (κ2) is 6.36. The van der Waals surface area contributed by atoms with Crippen molar-refractivity contribution >= 4 is 12.0 Å². The zero-order chi connectivity index (χ0) is 14.5. The van der Waals surface area contributed by atoms with E-state index in [9.17, 15) is 9.59 Å². The van der Waals surface area contributed by atoms with Crippen LogP contribution in [0.2, 0.25) is 0 Å². The average Bonchev–Trinajstić information content (AvgIpc) is 2.46. The third-order valence-electron chi connectivity index (χ3n) is 3.62. The Kier molecular flexibility index (Phi) is 4.55. The van der Waals surface area contributed by atoms with E-state index in [-0.39, 0.29) is 12.6 Å². The zero-order valence-corrected chi connectivity index (χ0v) is 11.5. The molecule has 1 aromatic heterocycles. The molecule has 0 aliphatic carbocycles. The number of carboxylic acids is 1. The van der Waals surface area contributed by atoms with Crippen molar-refractivity contribution in [3.63, 3.8) is 0 Å². The Bertz CT molecular complexity index is 504. The van der Waals surface area contributed by atoms with Crippen molar-refractivity contribution in [1.29, 1.82) is 0 Å². The number of likely N-dealkylation sites (tertiary alicyclic amines) is 1. The molecule has 0 spiro atoms. The van der Waals surface area contributed by atoms with Gasteiger partial charge in [0.1, 0.15) is 0 Å². The first-order valence-corrected chi connectivity index (χ1v) is 6.73. The van der Waals surface area contributed by atoms with Crippen LogP contribution in [0.15, 0.2) is 18.5 Å². The molecule has 20 heavy (non-hydrogen) atoms. The molecule has 1 atom stereocenters. The molecule has 108 valence electrons. The number of amides is 2. The van der Waals surface area contributed by atoms with Crippen LogP contribution in [0.1, 0.15) is 24.0 Å². The molecule has 0 saturated carbocycles. The lowest BCUT2D eigenvalue weighted by Gasteiger charge is -2.30. The SMILES string of the molecule is Cc1cnccc1CNC(=O)N1CCC[C@@H](C(=O)O)C1. The van der Waals surface area contributed by atoms with Crippen molar-refractivity contribution in [3.8, 4) is 0 Å².